The monoisotopic (exact) mass is 564 g/mol. The molecular weight excluding hydrogens is 516 g/mol. The summed E-state index contributed by atoms with van der Waals surface area (Å²) < 4.78 is 65.6. The molecule has 0 aliphatic rings. The van der Waals surface area contributed by atoms with Crippen LogP contribution in [0, 0.1) is 0 Å². The van der Waals surface area contributed by atoms with Crippen LogP contribution >= 0.6 is 0 Å². The Labute approximate surface area is 229 Å². The van der Waals surface area contributed by atoms with E-state index in [4.69, 9.17) is 33.0 Å². The number of benzene rings is 1. The number of unbranched alkanes of at least 4 members (excludes halogenated alkanes) is 6. The minimum atomic E-state index is -4.41. The lowest BCUT2D eigenvalue weighted by atomic mass is 10.0. The van der Waals surface area contributed by atoms with Crippen LogP contribution in [0.25, 0.3) is 0 Å². The molecule has 11 heteroatoms. The lowest BCUT2D eigenvalue weighted by molar-refractivity contribution is -0.0142. The third-order valence-electron chi connectivity index (χ3n) is 5.44. The predicted octanol–water partition coefficient (Wildman–Crippen LogP) is 4.26. The molecule has 0 bridgehead atoms. The van der Waals surface area contributed by atoms with Gasteiger partial charge in [0.2, 0.25) is 0 Å². The van der Waals surface area contributed by atoms with Crippen molar-refractivity contribution in [1.29, 1.82) is 0 Å². The fourth-order valence-corrected chi connectivity index (χ4v) is 3.72. The second kappa shape index (κ2) is 24.7. The van der Waals surface area contributed by atoms with Gasteiger partial charge in [0.15, 0.2) is 0 Å². The Hall–Kier alpha value is -1.31. The van der Waals surface area contributed by atoms with E-state index in [9.17, 15) is 8.42 Å². The van der Waals surface area contributed by atoms with E-state index in [1.165, 1.54) is 50.5 Å². The molecule has 0 aliphatic carbocycles. The largest absolute Gasteiger partial charge is 0.491 e. The summed E-state index contributed by atoms with van der Waals surface area (Å²) in [7, 11) is -4.41. The van der Waals surface area contributed by atoms with Gasteiger partial charge in [0, 0.05) is 0 Å². The zero-order chi connectivity index (χ0) is 27.6. The Morgan fingerprint density at radius 3 is 1.47 bits per heavy atom. The van der Waals surface area contributed by atoms with Gasteiger partial charge >= 0.3 is 10.4 Å². The molecule has 0 saturated heterocycles. The van der Waals surface area contributed by atoms with Crippen molar-refractivity contribution in [3.8, 4) is 5.75 Å². The summed E-state index contributed by atoms with van der Waals surface area (Å²) in [6.45, 7) is 6.47. The molecule has 0 amide bonds. The minimum Gasteiger partial charge on any atom is -0.491 e. The average molecular weight is 565 g/mol. The first-order valence-electron chi connectivity index (χ1n) is 13.7. The average Bonchev–Trinajstić information content (AvgIpc) is 2.89. The molecule has 0 atom stereocenters. The molecule has 38 heavy (non-hydrogen) atoms. The van der Waals surface area contributed by atoms with Crippen LogP contribution in [0.2, 0.25) is 0 Å². The van der Waals surface area contributed by atoms with Gasteiger partial charge in [-0.1, -0.05) is 57.6 Å². The van der Waals surface area contributed by atoms with Crippen molar-refractivity contribution < 1.29 is 45.6 Å². The number of ether oxygens (including phenoxy) is 6. The Balaban J connectivity index is 1.80. The lowest BCUT2D eigenvalue weighted by Crippen LogP contribution is -2.15. The van der Waals surface area contributed by atoms with Gasteiger partial charge in [-0.05, 0) is 30.5 Å². The zero-order valence-corrected chi connectivity index (χ0v) is 23.8. The molecule has 1 aromatic rings. The van der Waals surface area contributed by atoms with Crippen molar-refractivity contribution in [2.45, 2.75) is 58.3 Å². The van der Waals surface area contributed by atoms with Crippen LogP contribution in [0.1, 0.15) is 57.4 Å². The van der Waals surface area contributed by atoms with Crippen molar-refractivity contribution in [2.75, 3.05) is 79.3 Å². The second-order valence-electron chi connectivity index (χ2n) is 8.68. The van der Waals surface area contributed by atoms with Crippen molar-refractivity contribution in [1.82, 2.24) is 0 Å². The molecule has 0 spiro atoms. The topological polar surface area (TPSA) is 119 Å². The molecule has 0 aliphatic heterocycles. The Morgan fingerprint density at radius 2 is 1.00 bits per heavy atom. The van der Waals surface area contributed by atoms with Crippen LogP contribution in [0.4, 0.5) is 0 Å². The van der Waals surface area contributed by atoms with Crippen molar-refractivity contribution in [3.63, 3.8) is 0 Å². The molecule has 0 heterocycles. The second-order valence-corrected chi connectivity index (χ2v) is 9.77. The fraction of sp³-hybridized carbons (Fsp3) is 0.778. The van der Waals surface area contributed by atoms with Gasteiger partial charge in [0.25, 0.3) is 0 Å². The number of hydrogen-bond acceptors (Lipinski definition) is 9. The highest BCUT2D eigenvalue weighted by Gasteiger charge is 2.03. The highest BCUT2D eigenvalue weighted by Crippen LogP contribution is 2.15. The first-order valence-corrected chi connectivity index (χ1v) is 15.1. The van der Waals surface area contributed by atoms with Crippen LogP contribution in [0.5, 0.6) is 5.75 Å². The van der Waals surface area contributed by atoms with Crippen molar-refractivity contribution >= 4 is 10.4 Å². The highest BCUT2D eigenvalue weighted by molar-refractivity contribution is 7.80. The van der Waals surface area contributed by atoms with Crippen LogP contribution in [0.3, 0.4) is 0 Å². The summed E-state index contributed by atoms with van der Waals surface area (Å²) in [6, 6.07) is 8.37. The SMILES string of the molecule is CCCCCCCCCc1ccc(OCCOCCOCCOCCOCCOCCOS(=O)(=O)O)cc1. The smallest absolute Gasteiger partial charge is 0.397 e. The molecular formula is C27H48O10S. The van der Waals surface area contributed by atoms with E-state index in [1.807, 2.05) is 12.1 Å². The van der Waals surface area contributed by atoms with E-state index in [1.54, 1.807) is 0 Å². The van der Waals surface area contributed by atoms with E-state index in [0.29, 0.717) is 59.5 Å². The van der Waals surface area contributed by atoms with E-state index >= 15 is 0 Å². The van der Waals surface area contributed by atoms with E-state index < -0.39 is 10.4 Å². The molecule has 1 aromatic carbocycles. The Kier molecular flexibility index (Phi) is 22.6. The van der Waals surface area contributed by atoms with Gasteiger partial charge in [-0.15, -0.1) is 0 Å². The summed E-state index contributed by atoms with van der Waals surface area (Å²) >= 11 is 0. The van der Waals surface area contributed by atoms with Gasteiger partial charge in [-0.3, -0.25) is 4.55 Å². The lowest BCUT2D eigenvalue weighted by Gasteiger charge is -2.09. The summed E-state index contributed by atoms with van der Waals surface area (Å²) in [5.41, 5.74) is 1.37. The first kappa shape index (κ1) is 34.7. The van der Waals surface area contributed by atoms with E-state index in [-0.39, 0.29) is 19.8 Å². The van der Waals surface area contributed by atoms with Crippen LogP contribution in [0.15, 0.2) is 24.3 Å². The number of hydrogen-bond donors (Lipinski definition) is 1. The molecule has 222 valence electrons. The quantitative estimate of drug-likeness (QED) is 0.117. The number of aryl methyl sites for hydroxylation is 1. The molecule has 0 aromatic heterocycles. The van der Waals surface area contributed by atoms with Gasteiger partial charge in [-0.2, -0.15) is 8.42 Å². The highest BCUT2D eigenvalue weighted by atomic mass is 32.3. The zero-order valence-electron chi connectivity index (χ0n) is 23.0. The van der Waals surface area contributed by atoms with Gasteiger partial charge < -0.3 is 28.4 Å². The third kappa shape index (κ3) is 23.8. The van der Waals surface area contributed by atoms with Crippen molar-refractivity contribution in [2.24, 2.45) is 0 Å². The van der Waals surface area contributed by atoms with Gasteiger partial charge in [0.1, 0.15) is 12.4 Å². The van der Waals surface area contributed by atoms with Crippen molar-refractivity contribution in [3.05, 3.63) is 29.8 Å². The molecule has 0 radical (unpaired) electrons. The van der Waals surface area contributed by atoms with E-state index in [2.05, 4.69) is 23.2 Å². The maximum atomic E-state index is 10.3. The van der Waals surface area contributed by atoms with Gasteiger partial charge in [0.05, 0.1) is 72.7 Å². The standard InChI is InChI=1S/C27H48O10S/c1-2-3-4-5-6-7-8-9-26-10-12-27(13-11-26)36-24-22-34-20-18-32-16-14-31-15-17-33-19-21-35-23-25-37-38(28,29)30/h10-13H,2-9,14-25H2,1H3,(H,28,29,30). The summed E-state index contributed by atoms with van der Waals surface area (Å²) in [6.07, 6.45) is 10.4. The maximum Gasteiger partial charge on any atom is 0.397 e. The molecule has 0 unspecified atom stereocenters. The minimum absolute atomic E-state index is 0.0426. The molecule has 0 fully saturated rings. The first-order chi connectivity index (χ1) is 18.5. The van der Waals surface area contributed by atoms with E-state index in [0.717, 1.165) is 12.2 Å². The Morgan fingerprint density at radius 1 is 0.579 bits per heavy atom. The third-order valence-corrected chi connectivity index (χ3v) is 5.90. The molecule has 10 nitrogen and oxygen atoms in total. The maximum absolute atomic E-state index is 10.3. The fourth-order valence-electron chi connectivity index (χ4n) is 3.44. The van der Waals surface area contributed by atoms with Crippen LogP contribution in [-0.4, -0.2) is 92.3 Å². The predicted molar refractivity (Wildman–Crippen MR) is 145 cm³/mol. The molecule has 0 saturated carbocycles. The molecule has 1 N–H and O–H groups in total. The number of rotatable bonds is 28. The summed E-state index contributed by atoms with van der Waals surface area (Å²) in [5, 5.41) is 0. The van der Waals surface area contributed by atoms with Gasteiger partial charge in [-0.25, -0.2) is 4.18 Å². The van der Waals surface area contributed by atoms with Crippen LogP contribution in [-0.2, 0) is 44.7 Å². The summed E-state index contributed by atoms with van der Waals surface area (Å²) in [5.74, 6) is 0.868. The Bertz CT molecular complexity index is 743. The normalized spacial score (nSPS) is 11.7. The van der Waals surface area contributed by atoms with Crippen LogP contribution < -0.4 is 4.74 Å². The molecule has 1 rings (SSSR count). The summed E-state index contributed by atoms with van der Waals surface area (Å²) in [4.78, 5) is 0.